The summed E-state index contributed by atoms with van der Waals surface area (Å²) in [5, 5.41) is 8.26. The normalized spacial score (nSPS) is 11.9. The summed E-state index contributed by atoms with van der Waals surface area (Å²) in [7, 11) is 0. The minimum Gasteiger partial charge on any atom is -0.486 e. The number of fused-ring (bicyclic) bond motifs is 1. The van der Waals surface area contributed by atoms with E-state index in [1.165, 1.54) is 0 Å². The third-order valence-corrected chi connectivity index (χ3v) is 5.68. The number of rotatable bonds is 7. The van der Waals surface area contributed by atoms with Gasteiger partial charge in [0.15, 0.2) is 0 Å². The van der Waals surface area contributed by atoms with Gasteiger partial charge in [0, 0.05) is 35.0 Å². The second kappa shape index (κ2) is 9.36. The van der Waals surface area contributed by atoms with Gasteiger partial charge in [-0.25, -0.2) is 4.98 Å². The van der Waals surface area contributed by atoms with Crippen LogP contribution >= 0.6 is 11.6 Å². The Balaban J connectivity index is 1.38. The molecule has 0 aliphatic rings. The first kappa shape index (κ1) is 21.7. The van der Waals surface area contributed by atoms with Crippen LogP contribution in [0.4, 0.5) is 5.82 Å². The molecule has 0 fully saturated rings. The van der Waals surface area contributed by atoms with Crippen LogP contribution in [0, 0.1) is 0 Å². The lowest BCUT2D eigenvalue weighted by atomic mass is 10.1. The number of anilines is 1. The fraction of sp³-hybridized carbons (Fsp3) is 0.120. The standard InChI is InChI=1S/C25H20ClN5O3/c1-15(30-24-10-16(5-7-28-24)18-12-29-34-13-18)20-8-17-9-21(26)23(11-22(17)31-25(20)32)33-14-19-4-2-3-6-27-19/h2-13,15H,14H2,1H3,(H,28,30)(H,31,32). The number of aromatic nitrogens is 4. The number of benzene rings is 1. The van der Waals surface area contributed by atoms with Crippen molar-refractivity contribution in [3.8, 4) is 16.9 Å². The van der Waals surface area contributed by atoms with Crippen LogP contribution < -0.4 is 15.6 Å². The highest BCUT2D eigenvalue weighted by atomic mass is 35.5. The summed E-state index contributed by atoms with van der Waals surface area (Å²) in [6.45, 7) is 2.17. The zero-order chi connectivity index (χ0) is 23.5. The van der Waals surface area contributed by atoms with E-state index in [-0.39, 0.29) is 18.2 Å². The van der Waals surface area contributed by atoms with Gasteiger partial charge in [-0.2, -0.15) is 0 Å². The minimum atomic E-state index is -0.308. The van der Waals surface area contributed by atoms with Crippen molar-refractivity contribution >= 4 is 28.3 Å². The minimum absolute atomic E-state index is 0.208. The summed E-state index contributed by atoms with van der Waals surface area (Å²) >= 11 is 6.46. The summed E-state index contributed by atoms with van der Waals surface area (Å²) < 4.78 is 10.7. The maximum atomic E-state index is 12.9. The van der Waals surface area contributed by atoms with Crippen molar-refractivity contribution < 1.29 is 9.26 Å². The molecule has 5 aromatic rings. The molecule has 34 heavy (non-hydrogen) atoms. The Morgan fingerprint density at radius 2 is 2.03 bits per heavy atom. The second-order valence-corrected chi connectivity index (χ2v) is 8.15. The van der Waals surface area contributed by atoms with Crippen molar-refractivity contribution in [3.05, 3.63) is 100 Å². The van der Waals surface area contributed by atoms with Gasteiger partial charge in [-0.05, 0) is 48.9 Å². The van der Waals surface area contributed by atoms with E-state index in [0.717, 1.165) is 22.2 Å². The van der Waals surface area contributed by atoms with Gasteiger partial charge in [0.1, 0.15) is 24.4 Å². The van der Waals surface area contributed by atoms with E-state index in [1.54, 1.807) is 37.0 Å². The largest absolute Gasteiger partial charge is 0.486 e. The molecule has 1 unspecified atom stereocenters. The van der Waals surface area contributed by atoms with Crippen LogP contribution in [0.3, 0.4) is 0 Å². The fourth-order valence-electron chi connectivity index (χ4n) is 3.63. The second-order valence-electron chi connectivity index (χ2n) is 7.74. The van der Waals surface area contributed by atoms with Crippen LogP contribution in [0.5, 0.6) is 5.75 Å². The third-order valence-electron chi connectivity index (χ3n) is 5.38. The van der Waals surface area contributed by atoms with Crippen LogP contribution in [-0.2, 0) is 6.61 Å². The third kappa shape index (κ3) is 4.62. The Morgan fingerprint density at radius 3 is 2.82 bits per heavy atom. The highest BCUT2D eigenvalue weighted by molar-refractivity contribution is 6.32. The lowest BCUT2D eigenvalue weighted by molar-refractivity contribution is 0.302. The number of H-pyrrole nitrogens is 1. The van der Waals surface area contributed by atoms with Crippen molar-refractivity contribution in [2.24, 2.45) is 0 Å². The maximum Gasteiger partial charge on any atom is 0.253 e. The fourth-order valence-corrected chi connectivity index (χ4v) is 3.85. The average Bonchev–Trinajstić information content (AvgIpc) is 3.39. The molecule has 0 saturated carbocycles. The molecular weight excluding hydrogens is 454 g/mol. The van der Waals surface area contributed by atoms with Gasteiger partial charge in [-0.15, -0.1) is 0 Å². The number of ether oxygens (including phenoxy) is 1. The predicted molar refractivity (Wildman–Crippen MR) is 130 cm³/mol. The number of hydrogen-bond acceptors (Lipinski definition) is 7. The molecule has 8 nitrogen and oxygen atoms in total. The number of nitrogens with one attached hydrogen (secondary N) is 2. The monoisotopic (exact) mass is 473 g/mol. The number of aromatic amines is 1. The summed E-state index contributed by atoms with van der Waals surface area (Å²) in [5.74, 6) is 1.10. The Hall–Kier alpha value is -4.17. The number of nitrogens with zero attached hydrogens (tertiary/aromatic N) is 3. The molecule has 0 bridgehead atoms. The van der Waals surface area contributed by atoms with Crippen LogP contribution in [-0.4, -0.2) is 20.1 Å². The molecular formula is C25H20ClN5O3. The highest BCUT2D eigenvalue weighted by Crippen LogP contribution is 2.31. The number of hydrogen-bond donors (Lipinski definition) is 2. The van der Waals surface area contributed by atoms with Crippen molar-refractivity contribution in [1.29, 1.82) is 0 Å². The molecule has 9 heteroatoms. The molecule has 1 atom stereocenters. The molecule has 1 aromatic carbocycles. The van der Waals surface area contributed by atoms with E-state index in [1.807, 2.05) is 43.3 Å². The molecule has 4 aromatic heterocycles. The van der Waals surface area contributed by atoms with Gasteiger partial charge in [-0.3, -0.25) is 9.78 Å². The van der Waals surface area contributed by atoms with Crippen molar-refractivity contribution in [2.75, 3.05) is 5.32 Å². The van der Waals surface area contributed by atoms with Crippen molar-refractivity contribution in [2.45, 2.75) is 19.6 Å². The van der Waals surface area contributed by atoms with Gasteiger partial charge >= 0.3 is 0 Å². The Kier molecular flexibility index (Phi) is 5.97. The topological polar surface area (TPSA) is 106 Å². The van der Waals surface area contributed by atoms with E-state index in [2.05, 4.69) is 25.4 Å². The molecule has 0 aliphatic heterocycles. The van der Waals surface area contributed by atoms with Crippen LogP contribution in [0.15, 0.2) is 82.7 Å². The van der Waals surface area contributed by atoms with Gasteiger partial charge in [-0.1, -0.05) is 22.8 Å². The number of halogens is 1. The molecule has 5 rings (SSSR count). The molecule has 4 heterocycles. The molecule has 0 spiro atoms. The molecule has 2 N–H and O–H groups in total. The van der Waals surface area contributed by atoms with E-state index >= 15 is 0 Å². The molecule has 0 saturated heterocycles. The first-order valence-electron chi connectivity index (χ1n) is 10.6. The predicted octanol–water partition coefficient (Wildman–Crippen LogP) is 5.38. The van der Waals surface area contributed by atoms with Crippen molar-refractivity contribution in [3.63, 3.8) is 0 Å². The van der Waals surface area contributed by atoms with Gasteiger partial charge in [0.2, 0.25) is 0 Å². The van der Waals surface area contributed by atoms with Crippen LogP contribution in [0.25, 0.3) is 22.0 Å². The quantitative estimate of drug-likeness (QED) is 0.327. The lowest BCUT2D eigenvalue weighted by Crippen LogP contribution is -2.19. The molecule has 0 radical (unpaired) electrons. The number of pyridine rings is 3. The highest BCUT2D eigenvalue weighted by Gasteiger charge is 2.14. The lowest BCUT2D eigenvalue weighted by Gasteiger charge is -2.16. The molecule has 170 valence electrons. The Labute approximate surface area is 199 Å². The van der Waals surface area contributed by atoms with Gasteiger partial charge in [0.05, 0.1) is 28.5 Å². The Morgan fingerprint density at radius 1 is 1.12 bits per heavy atom. The molecule has 0 amide bonds. The zero-order valence-electron chi connectivity index (χ0n) is 18.2. The van der Waals surface area contributed by atoms with E-state index < -0.39 is 0 Å². The van der Waals surface area contributed by atoms with E-state index in [9.17, 15) is 4.79 Å². The van der Waals surface area contributed by atoms with Gasteiger partial charge in [0.25, 0.3) is 5.56 Å². The van der Waals surface area contributed by atoms with E-state index in [0.29, 0.717) is 27.7 Å². The molecule has 0 aliphatic carbocycles. The smallest absolute Gasteiger partial charge is 0.253 e. The summed E-state index contributed by atoms with van der Waals surface area (Å²) in [5.41, 5.74) is 3.52. The average molecular weight is 474 g/mol. The van der Waals surface area contributed by atoms with Crippen LogP contribution in [0.2, 0.25) is 5.02 Å². The van der Waals surface area contributed by atoms with Crippen molar-refractivity contribution in [1.82, 2.24) is 20.1 Å². The van der Waals surface area contributed by atoms with E-state index in [4.69, 9.17) is 20.9 Å². The summed E-state index contributed by atoms with van der Waals surface area (Å²) in [6.07, 6.45) is 6.59. The van der Waals surface area contributed by atoms with Crippen LogP contribution in [0.1, 0.15) is 24.2 Å². The first-order chi connectivity index (χ1) is 16.6. The Bertz CT molecular complexity index is 1490. The van der Waals surface area contributed by atoms with Gasteiger partial charge < -0.3 is 19.6 Å². The maximum absolute atomic E-state index is 12.9. The SMILES string of the molecule is CC(Nc1cc(-c2cnoc2)ccn1)c1cc2cc(Cl)c(OCc3ccccn3)cc2[nH]c1=O. The first-order valence-corrected chi connectivity index (χ1v) is 11.0. The summed E-state index contributed by atoms with van der Waals surface area (Å²) in [4.78, 5) is 24.4. The summed E-state index contributed by atoms with van der Waals surface area (Å²) in [6, 6.07) is 14.4. The zero-order valence-corrected chi connectivity index (χ0v) is 18.9.